The normalized spacial score (nSPS) is 25.4. The maximum atomic E-state index is 13.0. The molecule has 0 unspecified atom stereocenters. The number of hydrogen-bond donors (Lipinski definition) is 1. The molecule has 2 amide bonds. The number of halogens is 1. The zero-order chi connectivity index (χ0) is 18.4. The molecule has 0 aromatic heterocycles. The Bertz CT molecular complexity index is 705. The zero-order valence-corrected chi connectivity index (χ0v) is 15.9. The molecule has 3 rings (SSSR count). The number of nitrogens with zero attached hydrogens (tertiary/aromatic N) is 1. The van der Waals surface area contributed by atoms with Crippen LogP contribution in [0.1, 0.15) is 51.7 Å². The van der Waals surface area contributed by atoms with Gasteiger partial charge >= 0.3 is 6.09 Å². The number of fused-ring (bicyclic) bond motifs is 2. The number of benzene rings is 1. The van der Waals surface area contributed by atoms with E-state index in [1.54, 1.807) is 0 Å². The highest BCUT2D eigenvalue weighted by atomic mass is 35.5. The number of nitrogens with one attached hydrogen (secondary N) is 1. The molecule has 25 heavy (non-hydrogen) atoms. The fourth-order valence-corrected chi connectivity index (χ4v) is 4.01. The molecule has 1 aliphatic heterocycles. The van der Waals surface area contributed by atoms with Crippen molar-refractivity contribution in [2.45, 2.75) is 64.1 Å². The maximum absolute atomic E-state index is 13.0. The first-order valence-electron chi connectivity index (χ1n) is 8.72. The highest BCUT2D eigenvalue weighted by Gasteiger charge is 2.56. The average Bonchev–Trinajstić information content (AvgIpc) is 2.46. The van der Waals surface area contributed by atoms with E-state index in [9.17, 15) is 9.59 Å². The minimum atomic E-state index is -0.575. The molecule has 1 aliphatic carbocycles. The molecule has 1 heterocycles. The number of carbonyl (C=O) groups excluding carboxylic acids is 2. The van der Waals surface area contributed by atoms with Gasteiger partial charge in [0.2, 0.25) is 5.91 Å². The van der Waals surface area contributed by atoms with Gasteiger partial charge in [0.15, 0.2) is 0 Å². The van der Waals surface area contributed by atoms with Crippen LogP contribution in [0.25, 0.3) is 0 Å². The van der Waals surface area contributed by atoms with E-state index in [2.05, 4.69) is 5.32 Å². The van der Waals surface area contributed by atoms with Crippen LogP contribution in [0.4, 0.5) is 4.79 Å². The monoisotopic (exact) mass is 364 g/mol. The molecular weight excluding hydrogens is 340 g/mol. The molecule has 1 N–H and O–H groups in total. The van der Waals surface area contributed by atoms with Crippen LogP contribution in [0.15, 0.2) is 18.2 Å². The van der Waals surface area contributed by atoms with Gasteiger partial charge in [-0.15, -0.1) is 0 Å². The summed E-state index contributed by atoms with van der Waals surface area (Å²) in [4.78, 5) is 26.9. The van der Waals surface area contributed by atoms with Crippen LogP contribution >= 0.6 is 11.6 Å². The summed E-state index contributed by atoms with van der Waals surface area (Å²) in [6.45, 7) is 8.77. The van der Waals surface area contributed by atoms with Gasteiger partial charge < -0.3 is 15.0 Å². The first-order chi connectivity index (χ1) is 11.6. The Kier molecular flexibility index (Phi) is 4.48. The molecule has 0 saturated heterocycles. The standard InChI is InChI=1S/C19H25ClN2O3/c1-5-22-11-12-6-7-13(20)8-15(12)19(16(22)23)9-14(10-19)21-17(24)25-18(2,3)4/h6-8,14H,5,9-11H2,1-4H3,(H,21,24). The van der Waals surface area contributed by atoms with E-state index in [0.717, 1.165) is 11.1 Å². The number of carbonyl (C=O) groups is 2. The molecule has 5 nitrogen and oxygen atoms in total. The van der Waals surface area contributed by atoms with Crippen molar-refractivity contribution >= 4 is 23.6 Å². The lowest BCUT2D eigenvalue weighted by Gasteiger charge is -2.52. The van der Waals surface area contributed by atoms with Crippen LogP contribution in [0.5, 0.6) is 0 Å². The predicted octanol–water partition coefficient (Wildman–Crippen LogP) is 3.63. The molecule has 1 fully saturated rings. The first kappa shape index (κ1) is 18.1. The summed E-state index contributed by atoms with van der Waals surface area (Å²) in [5.41, 5.74) is 1.04. The minimum Gasteiger partial charge on any atom is -0.444 e. The summed E-state index contributed by atoms with van der Waals surface area (Å²) in [6, 6.07) is 5.71. The van der Waals surface area contributed by atoms with E-state index in [0.29, 0.717) is 31.0 Å². The quantitative estimate of drug-likeness (QED) is 0.871. The maximum Gasteiger partial charge on any atom is 0.407 e. The summed E-state index contributed by atoms with van der Waals surface area (Å²) >= 11 is 6.18. The zero-order valence-electron chi connectivity index (χ0n) is 15.2. The van der Waals surface area contributed by atoms with Gasteiger partial charge in [-0.3, -0.25) is 4.79 Å². The molecule has 1 aromatic rings. The largest absolute Gasteiger partial charge is 0.444 e. The van der Waals surface area contributed by atoms with Crippen LogP contribution < -0.4 is 5.32 Å². The number of hydrogen-bond acceptors (Lipinski definition) is 3. The Morgan fingerprint density at radius 2 is 2.08 bits per heavy atom. The second-order valence-corrected chi connectivity index (χ2v) is 8.39. The van der Waals surface area contributed by atoms with Gasteiger partial charge in [-0.25, -0.2) is 4.79 Å². The lowest BCUT2D eigenvalue weighted by molar-refractivity contribution is -0.144. The average molecular weight is 365 g/mol. The van der Waals surface area contributed by atoms with Crippen LogP contribution in [-0.2, 0) is 21.5 Å². The minimum absolute atomic E-state index is 0.0672. The molecule has 1 aromatic carbocycles. The summed E-state index contributed by atoms with van der Waals surface area (Å²) in [6.07, 6.45) is 0.721. The molecule has 136 valence electrons. The van der Waals surface area contributed by atoms with Gasteiger partial charge in [-0.2, -0.15) is 0 Å². The predicted molar refractivity (Wildman–Crippen MR) is 96.6 cm³/mol. The molecular formula is C19H25ClN2O3. The summed E-state index contributed by atoms with van der Waals surface area (Å²) in [5, 5.41) is 3.52. The van der Waals surface area contributed by atoms with Crippen molar-refractivity contribution < 1.29 is 14.3 Å². The number of alkyl carbamates (subject to hydrolysis) is 1. The summed E-state index contributed by atoms with van der Waals surface area (Å²) in [7, 11) is 0. The highest BCUT2D eigenvalue weighted by molar-refractivity contribution is 6.30. The fourth-order valence-electron chi connectivity index (χ4n) is 3.84. The van der Waals surface area contributed by atoms with Gasteiger partial charge in [0.05, 0.1) is 5.41 Å². The lowest BCUT2D eigenvalue weighted by Crippen LogP contribution is -2.63. The Morgan fingerprint density at radius 3 is 2.68 bits per heavy atom. The number of ether oxygens (including phenoxy) is 1. The number of amides is 2. The molecule has 0 atom stereocenters. The Balaban J connectivity index is 1.79. The summed E-state index contributed by atoms with van der Waals surface area (Å²) in [5.74, 6) is 0.131. The van der Waals surface area contributed by atoms with Gasteiger partial charge in [0.25, 0.3) is 0 Å². The second kappa shape index (κ2) is 6.20. The van der Waals surface area contributed by atoms with Crippen molar-refractivity contribution in [3.05, 3.63) is 34.3 Å². The van der Waals surface area contributed by atoms with E-state index < -0.39 is 17.1 Å². The van der Waals surface area contributed by atoms with E-state index in [-0.39, 0.29) is 11.9 Å². The van der Waals surface area contributed by atoms with Crippen molar-refractivity contribution in [3.8, 4) is 0 Å². The van der Waals surface area contributed by atoms with Crippen molar-refractivity contribution in [2.75, 3.05) is 6.54 Å². The van der Waals surface area contributed by atoms with Crippen molar-refractivity contribution in [3.63, 3.8) is 0 Å². The van der Waals surface area contributed by atoms with Gasteiger partial charge in [-0.1, -0.05) is 17.7 Å². The molecule has 2 aliphatic rings. The molecule has 1 spiro atoms. The van der Waals surface area contributed by atoms with Crippen LogP contribution in [0.2, 0.25) is 5.02 Å². The summed E-state index contributed by atoms with van der Waals surface area (Å²) < 4.78 is 5.31. The Labute approximate surface area is 153 Å². The number of likely N-dealkylation sites (N-methyl/N-ethyl adjacent to an activating group) is 1. The van der Waals surface area contributed by atoms with Crippen LogP contribution in [0, 0.1) is 0 Å². The highest BCUT2D eigenvalue weighted by Crippen LogP contribution is 2.49. The molecule has 6 heteroatoms. The van der Waals surface area contributed by atoms with Crippen molar-refractivity contribution in [1.82, 2.24) is 10.2 Å². The van der Waals surface area contributed by atoms with Crippen molar-refractivity contribution in [1.29, 1.82) is 0 Å². The smallest absolute Gasteiger partial charge is 0.407 e. The van der Waals surface area contributed by atoms with E-state index >= 15 is 0 Å². The van der Waals surface area contributed by atoms with E-state index in [1.807, 2.05) is 50.8 Å². The fraction of sp³-hybridized carbons (Fsp3) is 0.579. The Hall–Kier alpha value is -1.75. The molecule has 1 saturated carbocycles. The third kappa shape index (κ3) is 3.34. The van der Waals surface area contributed by atoms with E-state index in [1.165, 1.54) is 0 Å². The van der Waals surface area contributed by atoms with Crippen LogP contribution in [-0.4, -0.2) is 35.1 Å². The van der Waals surface area contributed by atoms with Crippen LogP contribution in [0.3, 0.4) is 0 Å². The second-order valence-electron chi connectivity index (χ2n) is 7.95. The van der Waals surface area contributed by atoms with Gasteiger partial charge in [0.1, 0.15) is 5.60 Å². The first-order valence-corrected chi connectivity index (χ1v) is 9.10. The SMILES string of the molecule is CCN1Cc2ccc(Cl)cc2C2(CC(NC(=O)OC(C)(C)C)C2)C1=O. The molecule has 0 bridgehead atoms. The third-order valence-electron chi connectivity index (χ3n) is 4.94. The van der Waals surface area contributed by atoms with Crippen molar-refractivity contribution in [2.24, 2.45) is 0 Å². The third-order valence-corrected chi connectivity index (χ3v) is 5.17. The topological polar surface area (TPSA) is 58.6 Å². The van der Waals surface area contributed by atoms with Gasteiger partial charge in [-0.05, 0) is 63.8 Å². The Morgan fingerprint density at radius 1 is 1.40 bits per heavy atom. The molecule has 0 radical (unpaired) electrons. The van der Waals surface area contributed by atoms with E-state index in [4.69, 9.17) is 16.3 Å². The number of rotatable bonds is 2. The van der Waals surface area contributed by atoms with Gasteiger partial charge in [0, 0.05) is 24.2 Å². The lowest BCUT2D eigenvalue weighted by atomic mass is 9.58.